The molecule has 15 heavy (non-hydrogen) atoms. The van der Waals surface area contributed by atoms with Gasteiger partial charge in [0.25, 0.3) is 0 Å². The highest BCUT2D eigenvalue weighted by Gasteiger charge is 2.01. The van der Waals surface area contributed by atoms with E-state index in [0.717, 1.165) is 12.4 Å². The van der Waals surface area contributed by atoms with Crippen LogP contribution in [0, 0.1) is 5.92 Å². The van der Waals surface area contributed by atoms with Crippen LogP contribution in [0.5, 0.6) is 0 Å². The maximum atomic E-state index is 4.29. The van der Waals surface area contributed by atoms with Crippen molar-refractivity contribution in [1.29, 1.82) is 0 Å². The monoisotopic (exact) mass is 209 g/mol. The summed E-state index contributed by atoms with van der Waals surface area (Å²) >= 11 is 0. The Bertz CT molecular complexity index is 298. The van der Waals surface area contributed by atoms with Gasteiger partial charge in [-0.3, -0.25) is 0 Å². The van der Waals surface area contributed by atoms with Crippen molar-refractivity contribution in [3.05, 3.63) is 6.20 Å². The van der Waals surface area contributed by atoms with Gasteiger partial charge in [-0.05, 0) is 19.8 Å². The van der Waals surface area contributed by atoms with Crippen LogP contribution in [0.15, 0.2) is 6.20 Å². The molecule has 5 heteroatoms. The first kappa shape index (κ1) is 11.7. The van der Waals surface area contributed by atoms with Crippen LogP contribution in [0.2, 0.25) is 0 Å². The molecule has 1 heterocycles. The molecule has 0 saturated heterocycles. The molecule has 0 aliphatic carbocycles. The van der Waals surface area contributed by atoms with Crippen LogP contribution in [0.1, 0.15) is 27.7 Å². The lowest BCUT2D eigenvalue weighted by molar-refractivity contribution is 0.682. The third-order valence-corrected chi connectivity index (χ3v) is 1.66. The lowest BCUT2D eigenvalue weighted by atomic mass is 10.2. The molecule has 0 aliphatic rings. The van der Waals surface area contributed by atoms with Gasteiger partial charge in [-0.1, -0.05) is 13.8 Å². The van der Waals surface area contributed by atoms with Crippen molar-refractivity contribution < 1.29 is 0 Å². The fraction of sp³-hybridized carbons (Fsp3) is 0.700. The predicted octanol–water partition coefficient (Wildman–Crippen LogP) is 1.76. The summed E-state index contributed by atoms with van der Waals surface area (Å²) in [5.74, 6) is 1.90. The zero-order chi connectivity index (χ0) is 11.3. The van der Waals surface area contributed by atoms with E-state index in [1.54, 1.807) is 6.20 Å². The summed E-state index contributed by atoms with van der Waals surface area (Å²) in [6.45, 7) is 9.24. The van der Waals surface area contributed by atoms with Crippen molar-refractivity contribution in [3.8, 4) is 0 Å². The fourth-order valence-corrected chi connectivity index (χ4v) is 1.04. The zero-order valence-corrected chi connectivity index (χ0v) is 9.78. The minimum Gasteiger partial charge on any atom is -0.366 e. The summed E-state index contributed by atoms with van der Waals surface area (Å²) in [6, 6.07) is 0.347. The van der Waals surface area contributed by atoms with Crippen molar-refractivity contribution in [2.45, 2.75) is 33.7 Å². The van der Waals surface area contributed by atoms with Gasteiger partial charge in [-0.15, -0.1) is 5.10 Å². The fourth-order valence-electron chi connectivity index (χ4n) is 1.04. The first-order valence-electron chi connectivity index (χ1n) is 5.28. The molecule has 84 valence electrons. The van der Waals surface area contributed by atoms with Gasteiger partial charge >= 0.3 is 0 Å². The van der Waals surface area contributed by atoms with Crippen molar-refractivity contribution in [2.75, 3.05) is 17.2 Å². The normalized spacial score (nSPS) is 10.8. The first-order chi connectivity index (χ1) is 7.08. The van der Waals surface area contributed by atoms with E-state index in [9.17, 15) is 0 Å². The predicted molar refractivity (Wildman–Crippen MR) is 61.9 cm³/mol. The number of rotatable bonds is 5. The third-order valence-electron chi connectivity index (χ3n) is 1.66. The Balaban J connectivity index is 2.57. The highest BCUT2D eigenvalue weighted by atomic mass is 15.3. The largest absolute Gasteiger partial charge is 0.366 e. The molecule has 1 aromatic heterocycles. The van der Waals surface area contributed by atoms with Crippen molar-refractivity contribution in [2.24, 2.45) is 5.92 Å². The molecule has 5 nitrogen and oxygen atoms in total. The quantitative estimate of drug-likeness (QED) is 0.773. The average molecular weight is 209 g/mol. The molecular formula is C10H19N5. The Kier molecular flexibility index (Phi) is 4.27. The molecule has 0 unspecified atom stereocenters. The Labute approximate surface area is 90.7 Å². The van der Waals surface area contributed by atoms with Crippen molar-refractivity contribution >= 4 is 11.8 Å². The van der Waals surface area contributed by atoms with E-state index >= 15 is 0 Å². The molecule has 0 aliphatic heterocycles. The lowest BCUT2D eigenvalue weighted by Crippen LogP contribution is -2.15. The van der Waals surface area contributed by atoms with Gasteiger partial charge in [0.05, 0.1) is 6.20 Å². The summed E-state index contributed by atoms with van der Waals surface area (Å²) < 4.78 is 0. The number of anilines is 2. The number of hydrogen-bond donors (Lipinski definition) is 2. The van der Waals surface area contributed by atoms with Gasteiger partial charge < -0.3 is 10.6 Å². The van der Waals surface area contributed by atoms with Crippen LogP contribution in [0.3, 0.4) is 0 Å². The molecule has 0 aromatic carbocycles. The van der Waals surface area contributed by atoms with Crippen molar-refractivity contribution in [1.82, 2.24) is 15.2 Å². The Morgan fingerprint density at radius 3 is 2.60 bits per heavy atom. The molecule has 0 bridgehead atoms. The second-order valence-electron chi connectivity index (χ2n) is 4.24. The van der Waals surface area contributed by atoms with E-state index in [2.05, 4.69) is 53.5 Å². The molecular weight excluding hydrogens is 190 g/mol. The minimum absolute atomic E-state index is 0.347. The smallest absolute Gasteiger partial charge is 0.244 e. The molecule has 1 aromatic rings. The highest BCUT2D eigenvalue weighted by Crippen LogP contribution is 2.05. The summed E-state index contributed by atoms with van der Waals surface area (Å²) in [5, 5.41) is 14.1. The van der Waals surface area contributed by atoms with E-state index in [-0.39, 0.29) is 0 Å². The summed E-state index contributed by atoms with van der Waals surface area (Å²) in [5.41, 5.74) is 0. The Morgan fingerprint density at radius 1 is 1.27 bits per heavy atom. The maximum Gasteiger partial charge on any atom is 0.244 e. The highest BCUT2D eigenvalue weighted by molar-refractivity contribution is 5.37. The Hall–Kier alpha value is -1.39. The number of aromatic nitrogens is 3. The first-order valence-corrected chi connectivity index (χ1v) is 5.28. The second kappa shape index (κ2) is 5.48. The number of nitrogens with zero attached hydrogens (tertiary/aromatic N) is 3. The Morgan fingerprint density at radius 2 is 2.00 bits per heavy atom. The SMILES string of the molecule is CC(C)CNc1nncc(NC(C)C)n1. The van der Waals surface area contributed by atoms with Gasteiger partial charge in [-0.2, -0.15) is 10.1 Å². The summed E-state index contributed by atoms with van der Waals surface area (Å²) in [7, 11) is 0. The molecule has 0 radical (unpaired) electrons. The second-order valence-corrected chi connectivity index (χ2v) is 4.24. The van der Waals surface area contributed by atoms with Gasteiger partial charge in [-0.25, -0.2) is 0 Å². The molecule has 0 saturated carbocycles. The molecule has 0 spiro atoms. The van der Waals surface area contributed by atoms with Crippen LogP contribution < -0.4 is 10.6 Å². The zero-order valence-electron chi connectivity index (χ0n) is 9.78. The number of nitrogens with one attached hydrogen (secondary N) is 2. The molecule has 0 fully saturated rings. The molecule has 1 rings (SSSR count). The van der Waals surface area contributed by atoms with Crippen molar-refractivity contribution in [3.63, 3.8) is 0 Å². The van der Waals surface area contributed by atoms with Gasteiger partial charge in [0, 0.05) is 12.6 Å². The van der Waals surface area contributed by atoms with Gasteiger partial charge in [0.15, 0.2) is 5.82 Å². The number of hydrogen-bond acceptors (Lipinski definition) is 5. The molecule has 0 amide bonds. The third kappa shape index (κ3) is 4.58. The van der Waals surface area contributed by atoms with Crippen LogP contribution in [-0.4, -0.2) is 27.8 Å². The van der Waals surface area contributed by atoms with E-state index in [1.165, 1.54) is 0 Å². The van der Waals surface area contributed by atoms with Crippen LogP contribution >= 0.6 is 0 Å². The van der Waals surface area contributed by atoms with Gasteiger partial charge in [0.1, 0.15) is 0 Å². The average Bonchev–Trinajstić information content (AvgIpc) is 2.14. The maximum absolute atomic E-state index is 4.29. The van der Waals surface area contributed by atoms with Gasteiger partial charge in [0.2, 0.25) is 5.95 Å². The topological polar surface area (TPSA) is 62.7 Å². The van der Waals surface area contributed by atoms with E-state index in [0.29, 0.717) is 17.9 Å². The standard InChI is InChI=1S/C10H19N5/c1-7(2)5-11-10-14-9(6-12-15-10)13-8(3)4/h6-8H,5H2,1-4H3,(H2,11,13,14,15). The molecule has 0 atom stereocenters. The summed E-state index contributed by atoms with van der Waals surface area (Å²) in [4.78, 5) is 4.29. The van der Waals surface area contributed by atoms with E-state index in [4.69, 9.17) is 0 Å². The van der Waals surface area contributed by atoms with E-state index in [1.807, 2.05) is 0 Å². The van der Waals surface area contributed by atoms with Crippen LogP contribution in [0.4, 0.5) is 11.8 Å². The molecule has 2 N–H and O–H groups in total. The van der Waals surface area contributed by atoms with Crippen LogP contribution in [0.25, 0.3) is 0 Å². The van der Waals surface area contributed by atoms with E-state index < -0.39 is 0 Å². The van der Waals surface area contributed by atoms with Crippen LogP contribution in [-0.2, 0) is 0 Å². The lowest BCUT2D eigenvalue weighted by Gasteiger charge is -2.10. The minimum atomic E-state index is 0.347. The summed E-state index contributed by atoms with van der Waals surface area (Å²) in [6.07, 6.45) is 1.63.